The lowest BCUT2D eigenvalue weighted by Gasteiger charge is -2.28. The van der Waals surface area contributed by atoms with E-state index in [9.17, 15) is 4.79 Å². The minimum absolute atomic E-state index is 0.662. The number of carbonyl (C=O) groups is 1. The van der Waals surface area contributed by atoms with E-state index in [1.807, 2.05) is 19.1 Å². The summed E-state index contributed by atoms with van der Waals surface area (Å²) in [6, 6.07) is 7.35. The quantitative estimate of drug-likeness (QED) is 0.900. The lowest BCUT2D eigenvalue weighted by molar-refractivity contribution is 0.204. The Labute approximate surface area is 131 Å². The van der Waals surface area contributed by atoms with Gasteiger partial charge in [0.25, 0.3) is 0 Å². The molecule has 1 aromatic rings. The first kappa shape index (κ1) is 15.2. The summed E-state index contributed by atoms with van der Waals surface area (Å²) in [4.78, 5) is 15.8. The third-order valence-electron chi connectivity index (χ3n) is 5.05. The first-order valence-electron chi connectivity index (χ1n) is 8.16. The zero-order valence-electron chi connectivity index (χ0n) is 13.4. The van der Waals surface area contributed by atoms with Crippen LogP contribution in [0, 0.1) is 6.92 Å². The number of anilines is 2. The largest absolute Gasteiger partial charge is 0.465 e. The molecule has 2 fully saturated rings. The fourth-order valence-electron chi connectivity index (χ4n) is 3.84. The van der Waals surface area contributed by atoms with Gasteiger partial charge in [0.1, 0.15) is 0 Å². The molecule has 2 N–H and O–H groups in total. The van der Waals surface area contributed by atoms with Gasteiger partial charge in [-0.1, -0.05) is 0 Å². The molecule has 0 saturated carbocycles. The molecular weight excluding hydrogens is 278 g/mol. The maximum absolute atomic E-state index is 10.8. The molecule has 5 heteroatoms. The SMILES string of the molecule is Cc1cc(N2CCC(N3CCCC3C)C2)ccc1NC(=O)O. The third kappa shape index (κ3) is 3.04. The van der Waals surface area contributed by atoms with Crippen molar-refractivity contribution in [1.29, 1.82) is 0 Å². The molecule has 1 aromatic carbocycles. The smallest absolute Gasteiger partial charge is 0.409 e. The Kier molecular flexibility index (Phi) is 4.25. The van der Waals surface area contributed by atoms with Crippen LogP contribution in [0.15, 0.2) is 18.2 Å². The zero-order valence-corrected chi connectivity index (χ0v) is 13.4. The van der Waals surface area contributed by atoms with Gasteiger partial charge in [0.05, 0.1) is 0 Å². The van der Waals surface area contributed by atoms with Crippen LogP contribution in [0.4, 0.5) is 16.2 Å². The van der Waals surface area contributed by atoms with E-state index in [-0.39, 0.29) is 0 Å². The van der Waals surface area contributed by atoms with Crippen molar-refractivity contribution in [1.82, 2.24) is 4.90 Å². The molecule has 1 amide bonds. The summed E-state index contributed by atoms with van der Waals surface area (Å²) in [7, 11) is 0. The molecule has 2 heterocycles. The number of hydrogen-bond donors (Lipinski definition) is 2. The van der Waals surface area contributed by atoms with Crippen molar-refractivity contribution in [3.05, 3.63) is 23.8 Å². The van der Waals surface area contributed by atoms with Gasteiger partial charge in [-0.3, -0.25) is 10.2 Å². The van der Waals surface area contributed by atoms with E-state index < -0.39 is 6.09 Å². The van der Waals surface area contributed by atoms with Crippen LogP contribution in [-0.4, -0.2) is 47.8 Å². The first-order valence-corrected chi connectivity index (χ1v) is 8.16. The highest BCUT2D eigenvalue weighted by atomic mass is 16.4. The predicted octanol–water partition coefficient (Wildman–Crippen LogP) is 3.15. The number of benzene rings is 1. The number of nitrogens with one attached hydrogen (secondary N) is 1. The predicted molar refractivity (Wildman–Crippen MR) is 88.8 cm³/mol. The highest BCUT2D eigenvalue weighted by molar-refractivity contribution is 5.84. The molecule has 3 rings (SSSR count). The molecular formula is C17H25N3O2. The number of likely N-dealkylation sites (tertiary alicyclic amines) is 1. The lowest BCUT2D eigenvalue weighted by atomic mass is 10.1. The molecule has 0 radical (unpaired) electrons. The van der Waals surface area contributed by atoms with Crippen molar-refractivity contribution in [3.63, 3.8) is 0 Å². The van der Waals surface area contributed by atoms with Crippen LogP contribution in [-0.2, 0) is 0 Å². The van der Waals surface area contributed by atoms with E-state index in [2.05, 4.69) is 28.1 Å². The normalized spacial score (nSPS) is 25.6. The maximum atomic E-state index is 10.8. The van der Waals surface area contributed by atoms with Crippen LogP contribution in [0.2, 0.25) is 0 Å². The van der Waals surface area contributed by atoms with Crippen LogP contribution in [0.3, 0.4) is 0 Å². The second-order valence-electron chi connectivity index (χ2n) is 6.55. The van der Waals surface area contributed by atoms with Crippen LogP contribution in [0.1, 0.15) is 31.7 Å². The van der Waals surface area contributed by atoms with E-state index in [1.165, 1.54) is 31.5 Å². The molecule has 120 valence electrons. The van der Waals surface area contributed by atoms with Gasteiger partial charge in [-0.25, -0.2) is 4.79 Å². The van der Waals surface area contributed by atoms with Gasteiger partial charge in [-0.05, 0) is 63.4 Å². The molecule has 2 aliphatic heterocycles. The van der Waals surface area contributed by atoms with Crippen molar-refractivity contribution in [2.24, 2.45) is 0 Å². The van der Waals surface area contributed by atoms with Gasteiger partial charge in [0.15, 0.2) is 0 Å². The second-order valence-corrected chi connectivity index (χ2v) is 6.55. The van der Waals surface area contributed by atoms with E-state index in [0.717, 1.165) is 18.7 Å². The number of aryl methyl sites for hydroxylation is 1. The highest BCUT2D eigenvalue weighted by Gasteiger charge is 2.32. The van der Waals surface area contributed by atoms with Crippen molar-refractivity contribution < 1.29 is 9.90 Å². The van der Waals surface area contributed by atoms with Gasteiger partial charge in [-0.2, -0.15) is 0 Å². The van der Waals surface area contributed by atoms with E-state index >= 15 is 0 Å². The van der Waals surface area contributed by atoms with Crippen molar-refractivity contribution in [3.8, 4) is 0 Å². The van der Waals surface area contributed by atoms with E-state index in [1.54, 1.807) is 0 Å². The van der Waals surface area contributed by atoms with E-state index in [4.69, 9.17) is 5.11 Å². The van der Waals surface area contributed by atoms with Crippen LogP contribution in [0.5, 0.6) is 0 Å². The molecule has 0 aromatic heterocycles. The summed E-state index contributed by atoms with van der Waals surface area (Å²) in [6.07, 6.45) is 2.86. The summed E-state index contributed by atoms with van der Waals surface area (Å²) in [5.41, 5.74) is 2.83. The Morgan fingerprint density at radius 2 is 2.14 bits per heavy atom. The summed E-state index contributed by atoms with van der Waals surface area (Å²) in [5.74, 6) is 0. The lowest BCUT2D eigenvalue weighted by Crippen LogP contribution is -2.39. The molecule has 22 heavy (non-hydrogen) atoms. The number of carboxylic acid groups (broad SMARTS) is 1. The zero-order chi connectivity index (χ0) is 15.7. The molecule has 0 spiro atoms. The second kappa shape index (κ2) is 6.16. The molecule has 0 bridgehead atoms. The van der Waals surface area contributed by atoms with Gasteiger partial charge in [0, 0.05) is 36.5 Å². The van der Waals surface area contributed by atoms with Crippen LogP contribution in [0.25, 0.3) is 0 Å². The Morgan fingerprint density at radius 3 is 2.77 bits per heavy atom. The number of rotatable bonds is 3. The van der Waals surface area contributed by atoms with Crippen molar-refractivity contribution in [2.75, 3.05) is 29.9 Å². The summed E-state index contributed by atoms with van der Waals surface area (Å²) in [6.45, 7) is 7.69. The fourth-order valence-corrected chi connectivity index (χ4v) is 3.84. The Morgan fingerprint density at radius 1 is 1.32 bits per heavy atom. The average molecular weight is 303 g/mol. The van der Waals surface area contributed by atoms with Gasteiger partial charge < -0.3 is 10.0 Å². The monoisotopic (exact) mass is 303 g/mol. The van der Waals surface area contributed by atoms with Gasteiger partial charge in [0.2, 0.25) is 0 Å². The Bertz CT molecular complexity index is 561. The number of hydrogen-bond acceptors (Lipinski definition) is 3. The molecule has 2 atom stereocenters. The summed E-state index contributed by atoms with van der Waals surface area (Å²) in [5, 5.41) is 11.3. The third-order valence-corrected chi connectivity index (χ3v) is 5.05. The van der Waals surface area contributed by atoms with Crippen molar-refractivity contribution >= 4 is 17.5 Å². The summed E-state index contributed by atoms with van der Waals surface area (Å²) >= 11 is 0. The highest BCUT2D eigenvalue weighted by Crippen LogP contribution is 2.30. The fraction of sp³-hybridized carbons (Fsp3) is 0.588. The maximum Gasteiger partial charge on any atom is 0.409 e. The topological polar surface area (TPSA) is 55.8 Å². The standard InChI is InChI=1S/C17H25N3O2/c1-12-10-14(5-6-16(12)18-17(21)22)19-9-7-15(11-19)20-8-3-4-13(20)2/h5-6,10,13,15,18H,3-4,7-9,11H2,1-2H3,(H,21,22). The molecule has 2 saturated heterocycles. The summed E-state index contributed by atoms with van der Waals surface area (Å²) < 4.78 is 0. The van der Waals surface area contributed by atoms with Gasteiger partial charge >= 0.3 is 6.09 Å². The molecule has 2 aliphatic rings. The number of nitrogens with zero attached hydrogens (tertiary/aromatic N) is 2. The van der Waals surface area contributed by atoms with Crippen molar-refractivity contribution in [2.45, 2.75) is 45.2 Å². The first-order chi connectivity index (χ1) is 10.5. The number of amides is 1. The van der Waals surface area contributed by atoms with Crippen LogP contribution >= 0.6 is 0 Å². The Hall–Kier alpha value is -1.75. The molecule has 2 unspecified atom stereocenters. The minimum Gasteiger partial charge on any atom is -0.465 e. The average Bonchev–Trinajstić information content (AvgIpc) is 3.09. The Balaban J connectivity index is 1.68. The van der Waals surface area contributed by atoms with Crippen LogP contribution < -0.4 is 10.2 Å². The van der Waals surface area contributed by atoms with E-state index in [0.29, 0.717) is 17.8 Å². The molecule has 5 nitrogen and oxygen atoms in total. The van der Waals surface area contributed by atoms with Gasteiger partial charge in [-0.15, -0.1) is 0 Å². The minimum atomic E-state index is -1.01. The molecule has 0 aliphatic carbocycles.